The molecule has 0 heterocycles. The molecule has 2 atom stereocenters. The summed E-state index contributed by atoms with van der Waals surface area (Å²) in [7, 11) is 0. The van der Waals surface area contributed by atoms with E-state index in [-0.39, 0.29) is 0 Å². The predicted molar refractivity (Wildman–Crippen MR) is 134 cm³/mol. The third-order valence-corrected chi connectivity index (χ3v) is 36.8. The van der Waals surface area contributed by atoms with Crippen LogP contribution in [0.3, 0.4) is 0 Å². The summed E-state index contributed by atoms with van der Waals surface area (Å²) in [6.45, 7) is 0. The van der Waals surface area contributed by atoms with E-state index in [0.717, 1.165) is 0 Å². The van der Waals surface area contributed by atoms with Gasteiger partial charge in [-0.15, -0.1) is 0 Å². The molecule has 0 spiro atoms. The maximum absolute atomic E-state index is 4.33. The molecule has 0 nitrogen and oxygen atoms in total. The van der Waals surface area contributed by atoms with Gasteiger partial charge in [0.2, 0.25) is 0 Å². The topological polar surface area (TPSA) is 0 Å². The van der Waals surface area contributed by atoms with Crippen molar-refractivity contribution in [3.63, 3.8) is 0 Å². The van der Waals surface area contributed by atoms with E-state index >= 15 is 0 Å². The Labute approximate surface area is 192 Å². The molecule has 2 aliphatic rings. The van der Waals surface area contributed by atoms with Gasteiger partial charge < -0.3 is 0 Å². The average Bonchev–Trinajstić information content (AvgIpc) is 3.50. The summed E-state index contributed by atoms with van der Waals surface area (Å²) in [6.07, 6.45) is 9.82. The van der Waals surface area contributed by atoms with Crippen molar-refractivity contribution in [2.45, 2.75) is 12.0 Å². The van der Waals surface area contributed by atoms with E-state index < -0.39 is 18.5 Å². The molecule has 0 radical (unpaired) electrons. The van der Waals surface area contributed by atoms with Gasteiger partial charge in [0, 0.05) is 0 Å². The fourth-order valence-corrected chi connectivity index (χ4v) is 34.0. The first kappa shape index (κ1) is 19.9. The Morgan fingerprint density at radius 3 is 1.28 bits per heavy atom. The summed E-state index contributed by atoms with van der Waals surface area (Å²) < 4.78 is 6.67. The van der Waals surface area contributed by atoms with Gasteiger partial charge in [0.25, 0.3) is 0 Å². The van der Waals surface area contributed by atoms with Crippen LogP contribution < -0.4 is 6.64 Å². The third kappa shape index (κ3) is 2.58. The van der Waals surface area contributed by atoms with Crippen molar-refractivity contribution >= 4 is 18.8 Å². The molecule has 0 saturated carbocycles. The van der Waals surface area contributed by atoms with Crippen molar-refractivity contribution in [1.82, 2.24) is 0 Å². The summed E-state index contributed by atoms with van der Waals surface area (Å²) in [5, 5.41) is 0. The van der Waals surface area contributed by atoms with E-state index in [1.807, 2.05) is 0 Å². The molecular formula is C31H27Hf. The molecule has 6 rings (SSSR count). The summed E-state index contributed by atoms with van der Waals surface area (Å²) in [5.41, 5.74) is 5.75. The van der Waals surface area contributed by atoms with Gasteiger partial charge in [-0.1, -0.05) is 0 Å². The van der Waals surface area contributed by atoms with E-state index in [1.165, 1.54) is 22.3 Å². The minimum absolute atomic E-state index is 0.411. The van der Waals surface area contributed by atoms with Crippen LogP contribution in [0.5, 0.6) is 0 Å². The van der Waals surface area contributed by atoms with Gasteiger partial charge >= 0.3 is 193 Å². The Hall–Kier alpha value is -2.77. The molecule has 0 fully saturated rings. The van der Waals surface area contributed by atoms with Crippen LogP contribution >= 0.6 is 0 Å². The van der Waals surface area contributed by atoms with Crippen LogP contribution in [0.2, 0.25) is 4.68 Å². The molecule has 32 heavy (non-hydrogen) atoms. The van der Waals surface area contributed by atoms with Crippen molar-refractivity contribution < 1.29 is 18.5 Å². The van der Waals surface area contributed by atoms with Crippen molar-refractivity contribution in [2.75, 3.05) is 0 Å². The third-order valence-electron chi connectivity index (χ3n) is 8.28. The minimum atomic E-state index is -4.33. The summed E-state index contributed by atoms with van der Waals surface area (Å²) in [4.78, 5) is 0. The normalized spacial score (nSPS) is 19.8. The molecule has 0 aromatic heterocycles. The molecule has 0 amide bonds. The van der Waals surface area contributed by atoms with Crippen LogP contribution in [-0.4, -0.2) is 0 Å². The Bertz CT molecular complexity index is 1240. The molecule has 2 unspecified atom stereocenters. The van der Waals surface area contributed by atoms with Crippen molar-refractivity contribution in [3.05, 3.63) is 144 Å². The quantitative estimate of drug-likeness (QED) is 0.231. The SMILES string of the molecule is [CH3][Hf]([c]1ccccc1)([c]1ccccc1)([CH]1C=Cc2ccccc21)[CH]1C=Cc2ccccc21. The van der Waals surface area contributed by atoms with Crippen molar-refractivity contribution in [3.8, 4) is 0 Å². The molecule has 0 aliphatic heterocycles. The number of rotatable bonds is 4. The monoisotopic (exact) mass is 579 g/mol. The zero-order valence-corrected chi connectivity index (χ0v) is 21.9. The molecule has 0 bridgehead atoms. The molecule has 155 valence electrons. The van der Waals surface area contributed by atoms with Crippen molar-refractivity contribution in [1.29, 1.82) is 0 Å². The van der Waals surface area contributed by atoms with Gasteiger partial charge in [-0.3, -0.25) is 0 Å². The first-order valence-corrected chi connectivity index (χ1v) is 22.9. The first-order chi connectivity index (χ1) is 15.7. The number of benzene rings is 4. The Kier molecular flexibility index (Phi) is 4.59. The van der Waals surface area contributed by atoms with Gasteiger partial charge in [-0.05, 0) is 0 Å². The van der Waals surface area contributed by atoms with Gasteiger partial charge in [0.1, 0.15) is 0 Å². The van der Waals surface area contributed by atoms with Crippen LogP contribution in [0.15, 0.2) is 121 Å². The molecular weight excluding hydrogens is 551 g/mol. The molecule has 0 saturated heterocycles. The summed E-state index contributed by atoms with van der Waals surface area (Å²) >= 11 is -4.33. The zero-order chi connectivity index (χ0) is 21.6. The molecule has 4 aromatic carbocycles. The second-order valence-corrected chi connectivity index (χ2v) is 32.2. The van der Waals surface area contributed by atoms with Crippen LogP contribution in [0, 0.1) is 0 Å². The fourth-order valence-electron chi connectivity index (χ4n) is 6.64. The Morgan fingerprint density at radius 1 is 0.469 bits per heavy atom. The van der Waals surface area contributed by atoms with Gasteiger partial charge in [-0.25, -0.2) is 0 Å². The van der Waals surface area contributed by atoms with E-state index in [0.29, 0.717) is 7.35 Å². The van der Waals surface area contributed by atoms with Crippen LogP contribution in [0.4, 0.5) is 0 Å². The number of fused-ring (bicyclic) bond motifs is 2. The van der Waals surface area contributed by atoms with E-state index in [1.54, 1.807) is 6.64 Å². The van der Waals surface area contributed by atoms with Crippen LogP contribution in [-0.2, 0) is 18.5 Å². The van der Waals surface area contributed by atoms with Gasteiger partial charge in [-0.2, -0.15) is 0 Å². The second-order valence-electron chi connectivity index (χ2n) is 9.61. The molecule has 0 N–H and O–H groups in total. The standard InChI is InChI=1S/2C9H7.2C6H5.CH3.Hf/c2*1-2-5-9-7-3-6-8(9)4-1;2*1-2-4-6-5-3-1;;/h2*1-7H;2*1-5H;1H3;. The Morgan fingerprint density at radius 2 is 0.844 bits per heavy atom. The number of hydrogen-bond donors (Lipinski definition) is 0. The second kappa shape index (κ2) is 7.39. The fraction of sp³-hybridized carbons (Fsp3) is 0.0968. The van der Waals surface area contributed by atoms with Gasteiger partial charge in [0.05, 0.1) is 0 Å². The molecule has 4 aromatic rings. The van der Waals surface area contributed by atoms with Crippen molar-refractivity contribution in [2.24, 2.45) is 0 Å². The maximum atomic E-state index is 2.72. The molecule has 2 aliphatic carbocycles. The number of hydrogen-bond acceptors (Lipinski definition) is 0. The van der Waals surface area contributed by atoms with E-state index in [2.05, 4.69) is 138 Å². The first-order valence-electron chi connectivity index (χ1n) is 11.5. The van der Waals surface area contributed by atoms with Gasteiger partial charge in [0.15, 0.2) is 0 Å². The average molecular weight is 578 g/mol. The zero-order valence-electron chi connectivity index (χ0n) is 18.4. The number of allylic oxidation sites excluding steroid dienone is 2. The molecule has 1 heteroatoms. The summed E-state index contributed by atoms with van der Waals surface area (Å²) in [6, 6.07) is 41.1. The van der Waals surface area contributed by atoms with Crippen LogP contribution in [0.25, 0.3) is 12.2 Å². The van der Waals surface area contributed by atoms with E-state index in [4.69, 9.17) is 0 Å². The summed E-state index contributed by atoms with van der Waals surface area (Å²) in [5.74, 6) is 0. The Balaban J connectivity index is 1.77. The van der Waals surface area contributed by atoms with E-state index in [9.17, 15) is 0 Å². The predicted octanol–water partition coefficient (Wildman–Crippen LogP) is 6.91. The van der Waals surface area contributed by atoms with Crippen LogP contribution in [0.1, 0.15) is 29.6 Å².